The Balaban J connectivity index is 2.01. The summed E-state index contributed by atoms with van der Waals surface area (Å²) in [6, 6.07) is 14.2. The van der Waals surface area contributed by atoms with Crippen molar-refractivity contribution in [2.45, 2.75) is 13.3 Å². The van der Waals surface area contributed by atoms with E-state index < -0.39 is 11.9 Å². The van der Waals surface area contributed by atoms with Crippen molar-refractivity contribution >= 4 is 35.1 Å². The minimum Gasteiger partial charge on any atom is -0.465 e. The maximum atomic E-state index is 12.4. The molecule has 2 amide bonds. The molecule has 2 rings (SSSR count). The first kappa shape index (κ1) is 20.5. The van der Waals surface area contributed by atoms with Gasteiger partial charge in [0.15, 0.2) is 0 Å². The van der Waals surface area contributed by atoms with E-state index in [1.54, 1.807) is 0 Å². The predicted octanol–water partition coefficient (Wildman–Crippen LogP) is 3.16. The first-order chi connectivity index (χ1) is 12.9. The number of hydrogen-bond acceptors (Lipinski definition) is 4. The van der Waals surface area contributed by atoms with Crippen LogP contribution < -0.4 is 5.32 Å². The van der Waals surface area contributed by atoms with Gasteiger partial charge in [-0.15, -0.1) is 0 Å². The summed E-state index contributed by atoms with van der Waals surface area (Å²) in [5.74, 6) is -1.13. The number of nitrogens with zero attached hydrogens (tertiary/aromatic N) is 1. The molecule has 2 aromatic rings. The van der Waals surface area contributed by atoms with Crippen LogP contribution in [0.1, 0.15) is 22.8 Å². The Hall–Kier alpha value is -2.86. The van der Waals surface area contributed by atoms with E-state index >= 15 is 0 Å². The molecule has 0 aromatic heterocycles. The zero-order valence-electron chi connectivity index (χ0n) is 15.2. The lowest BCUT2D eigenvalue weighted by atomic mass is 10.1. The van der Waals surface area contributed by atoms with Crippen LogP contribution in [-0.4, -0.2) is 42.9 Å². The number of rotatable bonds is 7. The fraction of sp³-hybridized carbons (Fsp3) is 0.250. The van der Waals surface area contributed by atoms with Crippen LogP contribution in [0.5, 0.6) is 0 Å². The molecule has 27 heavy (non-hydrogen) atoms. The molecule has 0 unspecified atom stereocenters. The Kier molecular flexibility index (Phi) is 7.37. The van der Waals surface area contributed by atoms with Crippen LogP contribution in [0.3, 0.4) is 0 Å². The van der Waals surface area contributed by atoms with Gasteiger partial charge in [0.05, 0.1) is 29.9 Å². The summed E-state index contributed by atoms with van der Waals surface area (Å²) in [6.45, 7) is 1.73. The molecule has 7 heteroatoms. The van der Waals surface area contributed by atoms with Crippen molar-refractivity contribution in [3.8, 4) is 0 Å². The highest BCUT2D eigenvalue weighted by molar-refractivity contribution is 6.33. The van der Waals surface area contributed by atoms with E-state index in [-0.39, 0.29) is 28.7 Å². The molecule has 0 atom stereocenters. The van der Waals surface area contributed by atoms with Gasteiger partial charge in [0.25, 0.3) is 0 Å². The van der Waals surface area contributed by atoms with Gasteiger partial charge in [0, 0.05) is 13.5 Å². The SMILES string of the molecule is COC(=O)c1ccc(Cl)c(NC(=O)CN(CCc2ccccc2)C(C)=O)c1. The number of nitrogens with one attached hydrogen (secondary N) is 1. The van der Waals surface area contributed by atoms with Gasteiger partial charge in [0.2, 0.25) is 11.8 Å². The first-order valence-corrected chi connectivity index (χ1v) is 8.75. The second-order valence-corrected chi connectivity index (χ2v) is 6.32. The number of ether oxygens (including phenoxy) is 1. The molecule has 0 radical (unpaired) electrons. The lowest BCUT2D eigenvalue weighted by Crippen LogP contribution is -2.38. The Bertz CT molecular complexity index is 824. The van der Waals surface area contributed by atoms with Gasteiger partial charge < -0.3 is 15.0 Å². The van der Waals surface area contributed by atoms with Crippen LogP contribution in [0.15, 0.2) is 48.5 Å². The average molecular weight is 389 g/mol. The lowest BCUT2D eigenvalue weighted by molar-refractivity contribution is -0.132. The second kappa shape index (κ2) is 9.73. The first-order valence-electron chi connectivity index (χ1n) is 8.38. The average Bonchev–Trinajstić information content (AvgIpc) is 2.66. The molecule has 0 aliphatic carbocycles. The summed E-state index contributed by atoms with van der Waals surface area (Å²) in [6.07, 6.45) is 0.645. The van der Waals surface area contributed by atoms with Crippen LogP contribution in [-0.2, 0) is 20.7 Å². The summed E-state index contributed by atoms with van der Waals surface area (Å²) in [7, 11) is 1.27. The number of hydrogen-bond donors (Lipinski definition) is 1. The van der Waals surface area contributed by atoms with Crippen molar-refractivity contribution in [1.82, 2.24) is 4.90 Å². The van der Waals surface area contributed by atoms with E-state index in [1.807, 2.05) is 30.3 Å². The van der Waals surface area contributed by atoms with Gasteiger partial charge in [-0.3, -0.25) is 9.59 Å². The van der Waals surface area contributed by atoms with E-state index in [1.165, 1.54) is 37.1 Å². The third-order valence-electron chi connectivity index (χ3n) is 3.95. The summed E-state index contributed by atoms with van der Waals surface area (Å²) in [5.41, 5.74) is 1.64. The topological polar surface area (TPSA) is 75.7 Å². The number of carbonyl (C=O) groups is 3. The standard InChI is InChI=1S/C20H21ClN2O4/c1-14(24)23(11-10-15-6-4-3-5-7-15)13-19(25)22-18-12-16(20(26)27-2)8-9-17(18)21/h3-9,12H,10-11,13H2,1-2H3,(H,22,25). The van der Waals surface area contributed by atoms with Gasteiger partial charge in [-0.05, 0) is 30.2 Å². The minimum absolute atomic E-state index is 0.110. The van der Waals surface area contributed by atoms with Gasteiger partial charge in [0.1, 0.15) is 0 Å². The summed E-state index contributed by atoms with van der Waals surface area (Å²) < 4.78 is 4.66. The third kappa shape index (κ3) is 6.11. The third-order valence-corrected chi connectivity index (χ3v) is 4.28. The molecule has 0 saturated carbocycles. The number of esters is 1. The highest BCUT2D eigenvalue weighted by atomic mass is 35.5. The molecular weight excluding hydrogens is 368 g/mol. The van der Waals surface area contributed by atoms with Crippen LogP contribution in [0.4, 0.5) is 5.69 Å². The molecule has 6 nitrogen and oxygen atoms in total. The molecule has 0 spiro atoms. The number of halogens is 1. The zero-order valence-corrected chi connectivity index (χ0v) is 16.0. The number of anilines is 1. The minimum atomic E-state index is -0.532. The van der Waals surface area contributed by atoms with Crippen molar-refractivity contribution in [3.05, 3.63) is 64.7 Å². The van der Waals surface area contributed by atoms with Gasteiger partial charge in [-0.25, -0.2) is 4.79 Å². The van der Waals surface area contributed by atoms with E-state index in [9.17, 15) is 14.4 Å². The number of benzene rings is 2. The van der Waals surface area contributed by atoms with Crippen molar-refractivity contribution in [1.29, 1.82) is 0 Å². The van der Waals surface area contributed by atoms with Gasteiger partial charge in [-0.1, -0.05) is 41.9 Å². The van der Waals surface area contributed by atoms with Crippen molar-refractivity contribution in [2.75, 3.05) is 25.5 Å². The Labute approximate surface area is 163 Å². The molecular formula is C20H21ClN2O4. The zero-order chi connectivity index (χ0) is 19.8. The van der Waals surface area contributed by atoms with E-state index in [2.05, 4.69) is 10.1 Å². The smallest absolute Gasteiger partial charge is 0.337 e. The van der Waals surface area contributed by atoms with E-state index in [4.69, 9.17) is 11.6 Å². The summed E-state index contributed by atoms with van der Waals surface area (Å²) in [5, 5.41) is 2.93. The molecule has 0 bridgehead atoms. The fourth-order valence-electron chi connectivity index (χ4n) is 2.49. The van der Waals surface area contributed by atoms with Crippen LogP contribution >= 0.6 is 11.6 Å². The maximum absolute atomic E-state index is 12.4. The monoisotopic (exact) mass is 388 g/mol. The summed E-state index contributed by atoms with van der Waals surface area (Å²) >= 11 is 6.08. The van der Waals surface area contributed by atoms with E-state index in [0.29, 0.717) is 13.0 Å². The fourth-order valence-corrected chi connectivity index (χ4v) is 2.65. The second-order valence-electron chi connectivity index (χ2n) is 5.91. The van der Waals surface area contributed by atoms with Gasteiger partial charge in [-0.2, -0.15) is 0 Å². The Morgan fingerprint density at radius 2 is 1.81 bits per heavy atom. The highest BCUT2D eigenvalue weighted by Gasteiger charge is 2.16. The normalized spacial score (nSPS) is 10.2. The molecule has 0 fully saturated rings. The largest absolute Gasteiger partial charge is 0.465 e. The van der Waals surface area contributed by atoms with Crippen molar-refractivity contribution < 1.29 is 19.1 Å². The Morgan fingerprint density at radius 3 is 2.44 bits per heavy atom. The highest BCUT2D eigenvalue weighted by Crippen LogP contribution is 2.23. The number of carbonyl (C=O) groups excluding carboxylic acids is 3. The molecule has 142 valence electrons. The maximum Gasteiger partial charge on any atom is 0.337 e. The summed E-state index contributed by atoms with van der Waals surface area (Å²) in [4.78, 5) is 37.3. The molecule has 0 heterocycles. The molecule has 0 aliphatic rings. The quantitative estimate of drug-likeness (QED) is 0.739. The van der Waals surface area contributed by atoms with Crippen LogP contribution in [0.25, 0.3) is 0 Å². The molecule has 0 saturated heterocycles. The van der Waals surface area contributed by atoms with Gasteiger partial charge >= 0.3 is 5.97 Å². The molecule has 2 aromatic carbocycles. The Morgan fingerprint density at radius 1 is 1.11 bits per heavy atom. The van der Waals surface area contributed by atoms with Crippen molar-refractivity contribution in [3.63, 3.8) is 0 Å². The van der Waals surface area contributed by atoms with Crippen LogP contribution in [0, 0.1) is 0 Å². The van der Waals surface area contributed by atoms with E-state index in [0.717, 1.165) is 5.56 Å². The molecule has 1 N–H and O–H groups in total. The number of amides is 2. The number of methoxy groups -OCH3 is 1. The van der Waals surface area contributed by atoms with Crippen LogP contribution in [0.2, 0.25) is 5.02 Å². The predicted molar refractivity (Wildman–Crippen MR) is 104 cm³/mol. The lowest BCUT2D eigenvalue weighted by Gasteiger charge is -2.21. The molecule has 0 aliphatic heterocycles. The van der Waals surface area contributed by atoms with Crippen molar-refractivity contribution in [2.24, 2.45) is 0 Å².